The predicted octanol–water partition coefficient (Wildman–Crippen LogP) is 2.95. The van der Waals surface area contributed by atoms with Crippen LogP contribution in [0.1, 0.15) is 65.7 Å². The maximum absolute atomic E-state index is 12.3. The van der Waals surface area contributed by atoms with Crippen LogP contribution in [-0.4, -0.2) is 29.0 Å². The average Bonchev–Trinajstić information content (AvgIpc) is 2.69. The molecule has 1 saturated carbocycles. The van der Waals surface area contributed by atoms with Crippen LogP contribution < -0.4 is 0 Å². The van der Waals surface area contributed by atoms with Crippen molar-refractivity contribution in [2.75, 3.05) is 6.54 Å². The molecule has 1 heterocycles. The van der Waals surface area contributed by atoms with Crippen LogP contribution in [0.15, 0.2) is 0 Å². The smallest absolute Gasteiger partial charge is 0.229 e. The maximum Gasteiger partial charge on any atom is 0.229 e. The predicted molar refractivity (Wildman–Crippen MR) is 80.5 cm³/mol. The molecule has 0 aromatic rings. The van der Waals surface area contributed by atoms with E-state index < -0.39 is 0 Å². The number of likely N-dealkylation sites (tertiary alicyclic amines) is 1. The minimum atomic E-state index is -0.0223. The van der Waals surface area contributed by atoms with Crippen molar-refractivity contribution in [2.45, 2.75) is 65.7 Å². The number of carbonyl (C=O) groups excluding carboxylic acids is 3. The molecule has 21 heavy (non-hydrogen) atoms. The van der Waals surface area contributed by atoms with E-state index in [0.717, 1.165) is 25.7 Å². The molecule has 0 spiro atoms. The number of imide groups is 1. The second-order valence-corrected chi connectivity index (χ2v) is 7.82. The lowest BCUT2D eigenvalue weighted by molar-refractivity contribution is -0.139. The minimum Gasteiger partial charge on any atom is -0.299 e. The van der Waals surface area contributed by atoms with Crippen molar-refractivity contribution < 1.29 is 14.4 Å². The molecule has 1 saturated heterocycles. The average molecular weight is 293 g/mol. The lowest BCUT2D eigenvalue weighted by Crippen LogP contribution is -2.36. The third-order valence-corrected chi connectivity index (χ3v) is 4.60. The van der Waals surface area contributed by atoms with Crippen LogP contribution in [-0.2, 0) is 14.4 Å². The summed E-state index contributed by atoms with van der Waals surface area (Å²) >= 11 is 0. The van der Waals surface area contributed by atoms with Gasteiger partial charge in [0.05, 0.1) is 0 Å². The molecule has 2 aliphatic rings. The monoisotopic (exact) mass is 293 g/mol. The molecule has 2 rings (SSSR count). The first-order valence-corrected chi connectivity index (χ1v) is 8.12. The number of carbonyl (C=O) groups is 3. The normalized spacial score (nSPS) is 27.3. The standard InChI is InChI=1S/C17H27NO3/c1-17(2,3)10-14(19)13-6-4-12(5-7-13)11-18-15(20)8-9-16(18)21/h12-13H,4-11H2,1-3H3. The van der Waals surface area contributed by atoms with Crippen LogP contribution in [0.2, 0.25) is 0 Å². The third-order valence-electron chi connectivity index (χ3n) is 4.60. The molecule has 2 fully saturated rings. The van der Waals surface area contributed by atoms with Crippen molar-refractivity contribution in [2.24, 2.45) is 17.3 Å². The van der Waals surface area contributed by atoms with Gasteiger partial charge in [-0.15, -0.1) is 0 Å². The van der Waals surface area contributed by atoms with Gasteiger partial charge >= 0.3 is 0 Å². The summed E-state index contributed by atoms with van der Waals surface area (Å²) in [6.45, 7) is 6.86. The molecule has 0 atom stereocenters. The van der Waals surface area contributed by atoms with Crippen LogP contribution in [0.5, 0.6) is 0 Å². The van der Waals surface area contributed by atoms with Gasteiger partial charge < -0.3 is 0 Å². The van der Waals surface area contributed by atoms with Crippen LogP contribution in [0, 0.1) is 17.3 Å². The van der Waals surface area contributed by atoms with Crippen molar-refractivity contribution in [1.29, 1.82) is 0 Å². The Bertz CT molecular complexity index is 412. The summed E-state index contributed by atoms with van der Waals surface area (Å²) in [4.78, 5) is 37.0. The van der Waals surface area contributed by atoms with E-state index in [-0.39, 0.29) is 23.1 Å². The van der Waals surface area contributed by atoms with Gasteiger partial charge in [0.25, 0.3) is 0 Å². The van der Waals surface area contributed by atoms with Crippen molar-refractivity contribution >= 4 is 17.6 Å². The van der Waals surface area contributed by atoms with Crippen LogP contribution >= 0.6 is 0 Å². The summed E-state index contributed by atoms with van der Waals surface area (Å²) in [7, 11) is 0. The largest absolute Gasteiger partial charge is 0.299 e. The van der Waals surface area contributed by atoms with E-state index in [1.54, 1.807) is 0 Å². The Morgan fingerprint density at radius 3 is 2.05 bits per heavy atom. The zero-order chi connectivity index (χ0) is 15.6. The number of ketones is 1. The number of hydrogen-bond donors (Lipinski definition) is 0. The Hall–Kier alpha value is -1.19. The number of hydrogen-bond acceptors (Lipinski definition) is 3. The lowest BCUT2D eigenvalue weighted by Gasteiger charge is -2.31. The van der Waals surface area contributed by atoms with Crippen molar-refractivity contribution in [3.8, 4) is 0 Å². The molecular formula is C17H27NO3. The molecule has 0 unspecified atom stereocenters. The highest BCUT2D eigenvalue weighted by Gasteiger charge is 2.34. The zero-order valence-corrected chi connectivity index (χ0v) is 13.5. The van der Waals surface area contributed by atoms with E-state index in [4.69, 9.17) is 0 Å². The van der Waals surface area contributed by atoms with Gasteiger partial charge in [-0.2, -0.15) is 0 Å². The van der Waals surface area contributed by atoms with E-state index in [2.05, 4.69) is 20.8 Å². The third kappa shape index (κ3) is 4.39. The van der Waals surface area contributed by atoms with E-state index >= 15 is 0 Å². The molecule has 2 amide bonds. The fourth-order valence-electron chi connectivity index (χ4n) is 3.42. The first-order valence-electron chi connectivity index (χ1n) is 8.12. The Morgan fingerprint density at radius 2 is 1.57 bits per heavy atom. The number of rotatable bonds is 4. The molecule has 0 bridgehead atoms. The Labute approximate surface area is 127 Å². The zero-order valence-electron chi connectivity index (χ0n) is 13.5. The highest BCUT2D eigenvalue weighted by Crippen LogP contribution is 2.33. The van der Waals surface area contributed by atoms with Gasteiger partial charge in [0.1, 0.15) is 5.78 Å². The molecule has 4 heteroatoms. The van der Waals surface area contributed by atoms with E-state index in [1.165, 1.54) is 4.90 Å². The summed E-state index contributed by atoms with van der Waals surface area (Å²) in [6, 6.07) is 0. The topological polar surface area (TPSA) is 54.5 Å². The van der Waals surface area contributed by atoms with Gasteiger partial charge in [-0.3, -0.25) is 19.3 Å². The molecule has 0 N–H and O–H groups in total. The Morgan fingerprint density at radius 1 is 1.05 bits per heavy atom. The van der Waals surface area contributed by atoms with Crippen LogP contribution in [0.25, 0.3) is 0 Å². The van der Waals surface area contributed by atoms with Crippen LogP contribution in [0.4, 0.5) is 0 Å². The van der Waals surface area contributed by atoms with Gasteiger partial charge in [0.2, 0.25) is 11.8 Å². The van der Waals surface area contributed by atoms with Crippen LogP contribution in [0.3, 0.4) is 0 Å². The molecule has 0 radical (unpaired) electrons. The summed E-state index contributed by atoms with van der Waals surface area (Å²) in [5, 5.41) is 0. The second-order valence-electron chi connectivity index (χ2n) is 7.82. The molecular weight excluding hydrogens is 266 g/mol. The minimum absolute atomic E-state index is 0.0223. The van der Waals surface area contributed by atoms with Crippen molar-refractivity contribution in [1.82, 2.24) is 4.90 Å². The summed E-state index contributed by atoms with van der Waals surface area (Å²) in [5.41, 5.74) is 0.0579. The summed E-state index contributed by atoms with van der Waals surface area (Å²) < 4.78 is 0. The van der Waals surface area contributed by atoms with Gasteiger partial charge in [0.15, 0.2) is 0 Å². The molecule has 1 aliphatic carbocycles. The Kier molecular flexibility index (Phi) is 4.84. The fraction of sp³-hybridized carbons (Fsp3) is 0.824. The summed E-state index contributed by atoms with van der Waals surface area (Å²) in [6.07, 6.45) is 5.13. The van der Waals surface area contributed by atoms with E-state index in [9.17, 15) is 14.4 Å². The second kappa shape index (κ2) is 6.29. The summed E-state index contributed by atoms with van der Waals surface area (Å²) in [5.74, 6) is 0.909. The highest BCUT2D eigenvalue weighted by atomic mass is 16.2. The quantitative estimate of drug-likeness (QED) is 0.749. The van der Waals surface area contributed by atoms with Gasteiger partial charge in [-0.05, 0) is 37.0 Å². The van der Waals surface area contributed by atoms with Crippen molar-refractivity contribution in [3.63, 3.8) is 0 Å². The number of amides is 2. The molecule has 4 nitrogen and oxygen atoms in total. The van der Waals surface area contributed by atoms with Crippen molar-refractivity contribution in [3.05, 3.63) is 0 Å². The number of nitrogens with zero attached hydrogens (tertiary/aromatic N) is 1. The molecule has 0 aromatic heterocycles. The van der Waals surface area contributed by atoms with E-state index in [1.807, 2.05) is 0 Å². The fourth-order valence-corrected chi connectivity index (χ4v) is 3.42. The molecule has 0 aromatic carbocycles. The van der Waals surface area contributed by atoms with Gasteiger partial charge in [-0.1, -0.05) is 20.8 Å². The number of Topliss-reactive ketones (excluding diaryl/α,β-unsaturated/α-hetero) is 1. The first kappa shape index (κ1) is 16.2. The first-order chi connectivity index (χ1) is 9.76. The SMILES string of the molecule is CC(C)(C)CC(=O)C1CCC(CN2C(=O)CCC2=O)CC1. The Balaban J connectivity index is 1.79. The maximum atomic E-state index is 12.3. The van der Waals surface area contributed by atoms with E-state index in [0.29, 0.717) is 37.5 Å². The molecule has 118 valence electrons. The highest BCUT2D eigenvalue weighted by molar-refractivity contribution is 6.01. The van der Waals surface area contributed by atoms with Gasteiger partial charge in [0, 0.05) is 31.7 Å². The lowest BCUT2D eigenvalue weighted by atomic mass is 9.76. The molecule has 1 aliphatic heterocycles. The van der Waals surface area contributed by atoms with Gasteiger partial charge in [-0.25, -0.2) is 0 Å².